The van der Waals surface area contributed by atoms with Gasteiger partial charge in [-0.15, -0.1) is 0 Å². The van der Waals surface area contributed by atoms with Gasteiger partial charge in [0.05, 0.1) is 12.9 Å². The van der Waals surface area contributed by atoms with E-state index >= 15 is 0 Å². The highest BCUT2D eigenvalue weighted by Gasteiger charge is 2.23. The zero-order valence-corrected chi connectivity index (χ0v) is 10.2. The summed E-state index contributed by atoms with van der Waals surface area (Å²) >= 11 is 0. The van der Waals surface area contributed by atoms with Crippen LogP contribution >= 0.6 is 0 Å². The van der Waals surface area contributed by atoms with E-state index in [0.29, 0.717) is 13.0 Å². The molecule has 0 aliphatic carbocycles. The van der Waals surface area contributed by atoms with Crippen molar-refractivity contribution in [2.45, 2.75) is 32.4 Å². The molecule has 0 bridgehead atoms. The Hall–Kier alpha value is -2.05. The van der Waals surface area contributed by atoms with Crippen molar-refractivity contribution < 1.29 is 14.3 Å². The van der Waals surface area contributed by atoms with Gasteiger partial charge in [0.25, 0.3) is 0 Å². The molecule has 1 unspecified atom stereocenters. The lowest BCUT2D eigenvalue weighted by Crippen LogP contribution is -2.29. The van der Waals surface area contributed by atoms with Crippen LogP contribution in [-0.4, -0.2) is 34.1 Å². The summed E-state index contributed by atoms with van der Waals surface area (Å²) in [7, 11) is 0. The molecule has 1 saturated heterocycles. The van der Waals surface area contributed by atoms with E-state index in [2.05, 4.69) is 10.3 Å². The van der Waals surface area contributed by atoms with Crippen LogP contribution in [0, 0.1) is 0 Å². The van der Waals surface area contributed by atoms with Gasteiger partial charge in [-0.05, 0) is 13.3 Å². The van der Waals surface area contributed by atoms with Gasteiger partial charge in [-0.25, -0.2) is 9.78 Å². The number of esters is 1. The molecule has 1 aliphatic rings. The molecule has 0 aromatic carbocycles. The first kappa shape index (κ1) is 12.4. The summed E-state index contributed by atoms with van der Waals surface area (Å²) in [5.74, 6) is -0.205. The van der Waals surface area contributed by atoms with E-state index in [9.17, 15) is 9.59 Å². The van der Waals surface area contributed by atoms with Gasteiger partial charge in [-0.1, -0.05) is 0 Å². The van der Waals surface area contributed by atoms with Gasteiger partial charge in [-0.2, -0.15) is 0 Å². The Kier molecular flexibility index (Phi) is 3.50. The second-order valence-electron chi connectivity index (χ2n) is 4.15. The first-order chi connectivity index (χ1) is 8.61. The molecule has 1 fully saturated rings. The van der Waals surface area contributed by atoms with Gasteiger partial charge in [0.15, 0.2) is 5.69 Å². The van der Waals surface area contributed by atoms with Gasteiger partial charge in [0, 0.05) is 19.0 Å². The number of hydrogen-bond acceptors (Lipinski definition) is 5. The van der Waals surface area contributed by atoms with E-state index < -0.39 is 5.97 Å². The maximum Gasteiger partial charge on any atom is 0.360 e. The topological polar surface area (TPSA) is 99.2 Å². The zero-order valence-electron chi connectivity index (χ0n) is 10.2. The number of amides is 1. The number of ether oxygens (including phenoxy) is 1. The van der Waals surface area contributed by atoms with Crippen LogP contribution in [0.2, 0.25) is 0 Å². The van der Waals surface area contributed by atoms with E-state index in [1.807, 2.05) is 0 Å². The maximum atomic E-state index is 11.5. The molecule has 2 rings (SSSR count). The summed E-state index contributed by atoms with van der Waals surface area (Å²) in [6.45, 7) is 2.52. The second kappa shape index (κ2) is 5.07. The van der Waals surface area contributed by atoms with Gasteiger partial charge >= 0.3 is 5.97 Å². The Labute approximate surface area is 104 Å². The maximum absolute atomic E-state index is 11.5. The predicted molar refractivity (Wildman–Crippen MR) is 63.8 cm³/mol. The highest BCUT2D eigenvalue weighted by molar-refractivity contribution is 5.92. The molecule has 0 spiro atoms. The van der Waals surface area contributed by atoms with E-state index in [0.717, 1.165) is 6.42 Å². The molecule has 18 heavy (non-hydrogen) atoms. The quantitative estimate of drug-likeness (QED) is 0.730. The number of nitrogens with zero attached hydrogens (tertiary/aromatic N) is 2. The Morgan fingerprint density at radius 3 is 3.11 bits per heavy atom. The van der Waals surface area contributed by atoms with Crippen LogP contribution in [0.1, 0.15) is 30.3 Å². The molecule has 0 radical (unpaired) electrons. The number of carbonyl (C=O) groups is 2. The number of imidazole rings is 1. The lowest BCUT2D eigenvalue weighted by atomic mass is 10.2. The SMILES string of the molecule is CCOC(=O)c1ncn(CC2CCC(=O)N2)c1N. The minimum absolute atomic E-state index is 0.0454. The molecule has 1 amide bonds. The van der Waals surface area contributed by atoms with Crippen LogP contribution in [0.3, 0.4) is 0 Å². The standard InChI is InChI=1S/C11H16N4O3/c1-2-18-11(17)9-10(12)15(6-13-9)5-7-3-4-8(16)14-7/h6-7H,2-5,12H2,1H3,(H,14,16). The van der Waals surface area contributed by atoms with E-state index in [1.165, 1.54) is 6.33 Å². The fraction of sp³-hybridized carbons (Fsp3) is 0.545. The van der Waals surface area contributed by atoms with E-state index in [4.69, 9.17) is 10.5 Å². The third-order valence-corrected chi connectivity index (χ3v) is 2.85. The van der Waals surface area contributed by atoms with Gasteiger partial charge in [0.2, 0.25) is 5.91 Å². The first-order valence-electron chi connectivity index (χ1n) is 5.89. The van der Waals surface area contributed by atoms with Crippen molar-refractivity contribution in [2.24, 2.45) is 0 Å². The summed E-state index contributed by atoms with van der Waals surface area (Å²) in [4.78, 5) is 26.6. The number of anilines is 1. The number of hydrogen-bond donors (Lipinski definition) is 2. The molecule has 3 N–H and O–H groups in total. The number of nitrogen functional groups attached to an aromatic ring is 1. The van der Waals surface area contributed by atoms with Crippen molar-refractivity contribution in [3.8, 4) is 0 Å². The highest BCUT2D eigenvalue weighted by atomic mass is 16.5. The smallest absolute Gasteiger partial charge is 0.360 e. The Morgan fingerprint density at radius 1 is 1.72 bits per heavy atom. The van der Waals surface area contributed by atoms with Gasteiger partial charge in [0.1, 0.15) is 5.82 Å². The minimum Gasteiger partial charge on any atom is -0.461 e. The summed E-state index contributed by atoms with van der Waals surface area (Å²) in [6, 6.07) is 0.0454. The number of nitrogens with one attached hydrogen (secondary N) is 1. The zero-order chi connectivity index (χ0) is 13.1. The molecule has 1 aliphatic heterocycles. The van der Waals surface area contributed by atoms with Crippen molar-refractivity contribution in [2.75, 3.05) is 12.3 Å². The molecule has 1 aromatic rings. The van der Waals surface area contributed by atoms with Crippen molar-refractivity contribution in [3.05, 3.63) is 12.0 Å². The molecule has 7 heteroatoms. The van der Waals surface area contributed by atoms with E-state index in [-0.39, 0.29) is 30.1 Å². The Morgan fingerprint density at radius 2 is 2.50 bits per heavy atom. The number of carbonyl (C=O) groups excluding carboxylic acids is 2. The van der Waals surface area contributed by atoms with Crippen molar-refractivity contribution in [1.82, 2.24) is 14.9 Å². The fourth-order valence-electron chi connectivity index (χ4n) is 1.95. The number of aromatic nitrogens is 2. The van der Waals surface area contributed by atoms with Crippen LogP contribution in [-0.2, 0) is 16.1 Å². The molecule has 2 heterocycles. The van der Waals surface area contributed by atoms with Crippen LogP contribution in [0.25, 0.3) is 0 Å². The predicted octanol–water partition coefficient (Wildman–Crippen LogP) is -0.0794. The lowest BCUT2D eigenvalue weighted by Gasteiger charge is -2.11. The fourth-order valence-corrected chi connectivity index (χ4v) is 1.95. The molecule has 98 valence electrons. The minimum atomic E-state index is -0.524. The summed E-state index contributed by atoms with van der Waals surface area (Å²) in [5.41, 5.74) is 5.96. The number of nitrogens with two attached hydrogens (primary N) is 1. The second-order valence-corrected chi connectivity index (χ2v) is 4.15. The third-order valence-electron chi connectivity index (χ3n) is 2.85. The summed E-state index contributed by atoms with van der Waals surface area (Å²) < 4.78 is 6.50. The average molecular weight is 252 g/mol. The molecular weight excluding hydrogens is 236 g/mol. The first-order valence-corrected chi connectivity index (χ1v) is 5.89. The van der Waals surface area contributed by atoms with E-state index in [1.54, 1.807) is 11.5 Å². The van der Waals surface area contributed by atoms with Crippen LogP contribution in [0.4, 0.5) is 5.82 Å². The molecule has 0 saturated carbocycles. The normalized spacial score (nSPS) is 18.7. The lowest BCUT2D eigenvalue weighted by molar-refractivity contribution is -0.119. The number of rotatable bonds is 4. The summed E-state index contributed by atoms with van der Waals surface area (Å²) in [6.07, 6.45) is 2.79. The summed E-state index contributed by atoms with van der Waals surface area (Å²) in [5, 5.41) is 2.83. The van der Waals surface area contributed by atoms with Crippen LogP contribution < -0.4 is 11.1 Å². The molecule has 1 atom stereocenters. The highest BCUT2D eigenvalue weighted by Crippen LogP contribution is 2.15. The monoisotopic (exact) mass is 252 g/mol. The third kappa shape index (κ3) is 2.44. The Bertz CT molecular complexity index is 469. The van der Waals surface area contributed by atoms with Crippen molar-refractivity contribution >= 4 is 17.7 Å². The molecular formula is C11H16N4O3. The van der Waals surface area contributed by atoms with Crippen molar-refractivity contribution in [1.29, 1.82) is 0 Å². The Balaban J connectivity index is 2.06. The van der Waals surface area contributed by atoms with Gasteiger partial charge in [-0.3, -0.25) is 4.79 Å². The molecule has 1 aromatic heterocycles. The van der Waals surface area contributed by atoms with Crippen LogP contribution in [0.5, 0.6) is 0 Å². The molecule has 7 nitrogen and oxygen atoms in total. The van der Waals surface area contributed by atoms with Crippen molar-refractivity contribution in [3.63, 3.8) is 0 Å². The largest absolute Gasteiger partial charge is 0.461 e. The average Bonchev–Trinajstić information content (AvgIpc) is 2.88. The van der Waals surface area contributed by atoms with Crippen LogP contribution in [0.15, 0.2) is 6.33 Å². The van der Waals surface area contributed by atoms with Gasteiger partial charge < -0.3 is 20.4 Å².